The van der Waals surface area contributed by atoms with Gasteiger partial charge in [-0.2, -0.15) is 5.26 Å². The van der Waals surface area contributed by atoms with Gasteiger partial charge in [-0.05, 0) is 54.8 Å². The zero-order valence-corrected chi connectivity index (χ0v) is 16.2. The molecule has 1 aromatic heterocycles. The Morgan fingerprint density at radius 2 is 1.76 bits per heavy atom. The number of nitrogens with one attached hydrogen (secondary N) is 1. The minimum atomic E-state index is -0.667. The highest BCUT2D eigenvalue weighted by Gasteiger charge is 2.32. The van der Waals surface area contributed by atoms with E-state index in [9.17, 15) is 10.1 Å². The van der Waals surface area contributed by atoms with Crippen LogP contribution in [0.1, 0.15) is 38.7 Å². The fourth-order valence-electron chi connectivity index (χ4n) is 4.47. The third kappa shape index (κ3) is 2.41. The zero-order chi connectivity index (χ0) is 20.1. The Kier molecular flexibility index (Phi) is 3.78. The van der Waals surface area contributed by atoms with Crippen molar-refractivity contribution in [3.8, 4) is 6.07 Å². The predicted octanol–water partition coefficient (Wildman–Crippen LogP) is 5.63. The lowest BCUT2D eigenvalue weighted by Gasteiger charge is -2.31. The molecule has 0 saturated carbocycles. The largest absolute Gasteiger partial charge is 0.354 e. The number of carbonyl (C=O) groups excluding carboxylic acids is 1. The minimum absolute atomic E-state index is 0.171. The molecule has 3 aromatic carbocycles. The summed E-state index contributed by atoms with van der Waals surface area (Å²) in [6.45, 7) is 4.12. The first kappa shape index (κ1) is 17.3. The summed E-state index contributed by atoms with van der Waals surface area (Å²) in [6, 6.07) is 19.0. The first-order chi connectivity index (χ1) is 14.1. The standard InChI is InChI=1S/C25H19N3O/c1-15-18-12-13-28(25(29)17-8-4-3-5-9-17)21(14-26)22(18)16(2)23-19-10-6-7-11-20(19)27-24(15)23/h3-13,21,27H,1-2H3/t21-/m0/s1. The highest BCUT2D eigenvalue weighted by atomic mass is 16.2. The van der Waals surface area contributed by atoms with E-state index in [1.54, 1.807) is 23.2 Å². The predicted molar refractivity (Wildman–Crippen MR) is 115 cm³/mol. The zero-order valence-electron chi connectivity index (χ0n) is 16.2. The van der Waals surface area contributed by atoms with Crippen molar-refractivity contribution in [2.24, 2.45) is 0 Å². The average Bonchev–Trinajstić information content (AvgIpc) is 3.16. The molecule has 140 valence electrons. The summed E-state index contributed by atoms with van der Waals surface area (Å²) < 4.78 is 0. The van der Waals surface area contributed by atoms with Crippen LogP contribution in [-0.4, -0.2) is 15.8 Å². The number of hydrogen-bond acceptors (Lipinski definition) is 2. The first-order valence-corrected chi connectivity index (χ1v) is 9.61. The number of H-pyrrole nitrogens is 1. The van der Waals surface area contributed by atoms with Crippen LogP contribution in [0.5, 0.6) is 0 Å². The molecule has 2 heterocycles. The van der Waals surface area contributed by atoms with E-state index in [2.05, 4.69) is 37.0 Å². The van der Waals surface area contributed by atoms with Crippen LogP contribution in [0.25, 0.3) is 27.9 Å². The van der Waals surface area contributed by atoms with Gasteiger partial charge in [0.25, 0.3) is 5.91 Å². The van der Waals surface area contributed by atoms with Crippen molar-refractivity contribution in [2.75, 3.05) is 0 Å². The van der Waals surface area contributed by atoms with Gasteiger partial charge >= 0.3 is 0 Å². The Labute approximate surface area is 168 Å². The molecule has 1 aliphatic rings. The lowest BCUT2D eigenvalue weighted by Crippen LogP contribution is -2.32. The minimum Gasteiger partial charge on any atom is -0.354 e. The number of carbonyl (C=O) groups is 1. The maximum atomic E-state index is 13.1. The fraction of sp³-hybridized carbons (Fsp3) is 0.120. The molecule has 1 atom stereocenters. The Morgan fingerprint density at radius 1 is 1.03 bits per heavy atom. The molecular formula is C25H19N3O. The summed E-state index contributed by atoms with van der Waals surface area (Å²) in [7, 11) is 0. The van der Waals surface area contributed by atoms with Crippen LogP contribution in [0, 0.1) is 25.2 Å². The second kappa shape index (κ2) is 6.35. The summed E-state index contributed by atoms with van der Waals surface area (Å²) in [4.78, 5) is 18.2. The van der Waals surface area contributed by atoms with E-state index < -0.39 is 6.04 Å². The van der Waals surface area contributed by atoms with Gasteiger partial charge in [0, 0.05) is 33.6 Å². The summed E-state index contributed by atoms with van der Waals surface area (Å²) in [6.07, 6.45) is 3.70. The van der Waals surface area contributed by atoms with Gasteiger partial charge in [-0.3, -0.25) is 9.69 Å². The van der Waals surface area contributed by atoms with Gasteiger partial charge in [0.1, 0.15) is 6.04 Å². The van der Waals surface area contributed by atoms with Crippen LogP contribution in [0.3, 0.4) is 0 Å². The molecule has 0 fully saturated rings. The monoisotopic (exact) mass is 377 g/mol. The van der Waals surface area contributed by atoms with E-state index in [0.717, 1.165) is 44.1 Å². The van der Waals surface area contributed by atoms with Crippen molar-refractivity contribution >= 4 is 33.8 Å². The van der Waals surface area contributed by atoms with Crippen molar-refractivity contribution in [3.63, 3.8) is 0 Å². The number of hydrogen-bond donors (Lipinski definition) is 1. The van der Waals surface area contributed by atoms with Crippen molar-refractivity contribution in [3.05, 3.63) is 88.6 Å². The van der Waals surface area contributed by atoms with Crippen molar-refractivity contribution in [1.29, 1.82) is 5.26 Å². The smallest absolute Gasteiger partial charge is 0.259 e. The lowest BCUT2D eigenvalue weighted by molar-refractivity contribution is 0.0794. The molecule has 4 nitrogen and oxygen atoms in total. The van der Waals surface area contributed by atoms with E-state index in [0.29, 0.717) is 5.56 Å². The van der Waals surface area contributed by atoms with Gasteiger partial charge in [0.2, 0.25) is 0 Å². The molecule has 1 aliphatic heterocycles. The molecule has 0 radical (unpaired) electrons. The highest BCUT2D eigenvalue weighted by molar-refractivity contribution is 6.11. The molecular weight excluding hydrogens is 358 g/mol. The van der Waals surface area contributed by atoms with Crippen LogP contribution in [-0.2, 0) is 0 Å². The van der Waals surface area contributed by atoms with Gasteiger partial charge < -0.3 is 4.98 Å². The third-order valence-electron chi connectivity index (χ3n) is 5.89. The summed E-state index contributed by atoms with van der Waals surface area (Å²) in [5, 5.41) is 12.3. The Hall–Kier alpha value is -3.84. The van der Waals surface area contributed by atoms with Gasteiger partial charge in [0.05, 0.1) is 11.6 Å². The van der Waals surface area contributed by atoms with E-state index >= 15 is 0 Å². The Bertz CT molecular complexity index is 1360. The Morgan fingerprint density at radius 3 is 2.52 bits per heavy atom. The highest BCUT2D eigenvalue weighted by Crippen LogP contribution is 2.42. The van der Waals surface area contributed by atoms with E-state index in [1.807, 2.05) is 36.4 Å². The number of nitrogens with zero attached hydrogens (tertiary/aromatic N) is 2. The van der Waals surface area contributed by atoms with E-state index in [4.69, 9.17) is 0 Å². The average molecular weight is 377 g/mol. The number of aromatic nitrogens is 1. The number of nitriles is 1. The quantitative estimate of drug-likeness (QED) is 0.467. The molecule has 0 bridgehead atoms. The third-order valence-corrected chi connectivity index (χ3v) is 5.89. The number of benzene rings is 3. The molecule has 0 aliphatic carbocycles. The first-order valence-electron chi connectivity index (χ1n) is 9.61. The molecule has 0 saturated heterocycles. The summed E-state index contributed by atoms with van der Waals surface area (Å²) in [5.41, 5.74) is 6.81. The van der Waals surface area contributed by atoms with Crippen LogP contribution in [0.2, 0.25) is 0 Å². The van der Waals surface area contributed by atoms with E-state index in [1.165, 1.54) is 0 Å². The molecule has 5 rings (SSSR count). The second-order valence-electron chi connectivity index (χ2n) is 7.42. The summed E-state index contributed by atoms with van der Waals surface area (Å²) >= 11 is 0. The molecule has 1 N–H and O–H groups in total. The van der Waals surface area contributed by atoms with Crippen LogP contribution >= 0.6 is 0 Å². The van der Waals surface area contributed by atoms with Crippen molar-refractivity contribution < 1.29 is 4.79 Å². The second-order valence-corrected chi connectivity index (χ2v) is 7.42. The molecule has 1 amide bonds. The number of aryl methyl sites for hydroxylation is 2. The molecule has 29 heavy (non-hydrogen) atoms. The number of amides is 1. The summed E-state index contributed by atoms with van der Waals surface area (Å²) in [5.74, 6) is -0.171. The number of rotatable bonds is 1. The van der Waals surface area contributed by atoms with Gasteiger partial charge in [0.15, 0.2) is 0 Å². The number of para-hydroxylation sites is 1. The van der Waals surface area contributed by atoms with Gasteiger partial charge in [-0.15, -0.1) is 0 Å². The Balaban J connectivity index is 1.76. The number of aromatic amines is 1. The van der Waals surface area contributed by atoms with Crippen LogP contribution in [0.4, 0.5) is 0 Å². The van der Waals surface area contributed by atoms with Crippen molar-refractivity contribution in [2.45, 2.75) is 19.9 Å². The topological polar surface area (TPSA) is 59.9 Å². The fourth-order valence-corrected chi connectivity index (χ4v) is 4.47. The normalized spacial score (nSPS) is 15.5. The van der Waals surface area contributed by atoms with Crippen LogP contribution in [0.15, 0.2) is 60.8 Å². The van der Waals surface area contributed by atoms with Gasteiger partial charge in [-0.1, -0.05) is 36.4 Å². The van der Waals surface area contributed by atoms with E-state index in [-0.39, 0.29) is 5.91 Å². The molecule has 0 unspecified atom stereocenters. The molecule has 0 spiro atoms. The lowest BCUT2D eigenvalue weighted by atomic mass is 9.86. The maximum absolute atomic E-state index is 13.1. The van der Waals surface area contributed by atoms with Gasteiger partial charge in [-0.25, -0.2) is 0 Å². The SMILES string of the molecule is Cc1c2c(c(C)c3c1[nH]c1ccccc13)[C@H](C#N)N(C(=O)c1ccccc1)C=C2. The number of fused-ring (bicyclic) bond motifs is 4. The maximum Gasteiger partial charge on any atom is 0.259 e. The molecule has 4 aromatic rings. The van der Waals surface area contributed by atoms with Crippen LogP contribution < -0.4 is 0 Å². The molecule has 4 heteroatoms. The van der Waals surface area contributed by atoms with Crippen molar-refractivity contribution in [1.82, 2.24) is 9.88 Å².